The summed E-state index contributed by atoms with van der Waals surface area (Å²) in [6.07, 6.45) is 15.4. The third-order valence-electron chi connectivity index (χ3n) is 5.83. The summed E-state index contributed by atoms with van der Waals surface area (Å²) in [5.41, 5.74) is 4.12. The van der Waals surface area contributed by atoms with Crippen molar-refractivity contribution >= 4 is 25.2 Å². The topological polar surface area (TPSA) is 18.5 Å². The first kappa shape index (κ1) is 25.1. The predicted molar refractivity (Wildman–Crippen MR) is 128 cm³/mol. The van der Waals surface area contributed by atoms with Gasteiger partial charge in [-0.2, -0.15) is 0 Å². The van der Waals surface area contributed by atoms with Gasteiger partial charge >= 0.3 is 8.56 Å². The summed E-state index contributed by atoms with van der Waals surface area (Å²) in [5.74, 6) is 0.755. The minimum atomic E-state index is -2.26. The Morgan fingerprint density at radius 2 is 1.00 bits per heavy atom. The Bertz CT molecular complexity index is 415. The Kier molecular flexibility index (Phi) is 11.1. The molecule has 5 heteroatoms. The molecule has 0 bridgehead atoms. The smallest absolute Gasteiger partial charge is 0.315 e. The standard InChI is InChI=1S/C22H46O2Si3/c1-8-25(3,4)23-27(7,24-26(5,6)9-2)21-22-19-17-15-13-11-10-12-14-16-18-20-22/h8-9,22H,1-2,10-21H2,3-7H3. The van der Waals surface area contributed by atoms with Crippen molar-refractivity contribution in [1.82, 2.24) is 0 Å². The van der Waals surface area contributed by atoms with E-state index in [0.717, 1.165) is 12.0 Å². The van der Waals surface area contributed by atoms with Gasteiger partial charge in [0.05, 0.1) is 0 Å². The van der Waals surface area contributed by atoms with E-state index in [4.69, 9.17) is 8.23 Å². The van der Waals surface area contributed by atoms with E-state index >= 15 is 0 Å². The molecule has 1 rings (SSSR count). The third-order valence-corrected chi connectivity index (χ3v) is 16.8. The van der Waals surface area contributed by atoms with Gasteiger partial charge in [0.2, 0.25) is 0 Å². The highest BCUT2D eigenvalue weighted by atomic mass is 28.5. The fourth-order valence-electron chi connectivity index (χ4n) is 4.28. The Morgan fingerprint density at radius 3 is 1.33 bits per heavy atom. The molecule has 0 heterocycles. The summed E-state index contributed by atoms with van der Waals surface area (Å²) in [6, 6.07) is 1.14. The number of hydrogen-bond donors (Lipinski definition) is 0. The highest BCUT2D eigenvalue weighted by Gasteiger charge is 2.42. The molecule has 1 aliphatic rings. The monoisotopic (exact) mass is 426 g/mol. The number of rotatable bonds is 8. The molecule has 0 saturated heterocycles. The first-order chi connectivity index (χ1) is 12.6. The van der Waals surface area contributed by atoms with E-state index in [-0.39, 0.29) is 0 Å². The molecular formula is C22H46O2Si3. The molecular weight excluding hydrogens is 380 g/mol. The molecule has 27 heavy (non-hydrogen) atoms. The molecule has 2 nitrogen and oxygen atoms in total. The average molecular weight is 427 g/mol. The van der Waals surface area contributed by atoms with Crippen LogP contribution in [0.3, 0.4) is 0 Å². The van der Waals surface area contributed by atoms with E-state index in [1.807, 2.05) is 0 Å². The van der Waals surface area contributed by atoms with E-state index in [1.54, 1.807) is 0 Å². The zero-order valence-corrected chi connectivity index (χ0v) is 21.9. The first-order valence-electron chi connectivity index (χ1n) is 11.3. The van der Waals surface area contributed by atoms with E-state index < -0.39 is 25.2 Å². The van der Waals surface area contributed by atoms with Crippen LogP contribution in [0.1, 0.15) is 70.6 Å². The van der Waals surface area contributed by atoms with Gasteiger partial charge < -0.3 is 8.23 Å². The van der Waals surface area contributed by atoms with Crippen molar-refractivity contribution in [2.45, 2.75) is 109 Å². The molecule has 1 aliphatic carbocycles. The second-order valence-electron chi connectivity index (χ2n) is 9.78. The second-order valence-corrected chi connectivity index (χ2v) is 21.3. The highest BCUT2D eigenvalue weighted by Crippen LogP contribution is 2.33. The molecule has 1 fully saturated rings. The second kappa shape index (κ2) is 11.9. The lowest BCUT2D eigenvalue weighted by atomic mass is 9.94. The summed E-state index contributed by atoms with van der Waals surface area (Å²) in [5, 5.41) is 0. The van der Waals surface area contributed by atoms with Crippen molar-refractivity contribution in [3.8, 4) is 0 Å². The molecule has 0 atom stereocenters. The van der Waals surface area contributed by atoms with Crippen LogP contribution in [0.2, 0.25) is 38.8 Å². The molecule has 0 aliphatic heterocycles. The van der Waals surface area contributed by atoms with E-state index in [1.165, 1.54) is 70.6 Å². The van der Waals surface area contributed by atoms with Crippen LogP contribution < -0.4 is 0 Å². The maximum atomic E-state index is 6.81. The van der Waals surface area contributed by atoms with Gasteiger partial charge in [-0.25, -0.2) is 0 Å². The van der Waals surface area contributed by atoms with Crippen molar-refractivity contribution in [1.29, 1.82) is 0 Å². The summed E-state index contributed by atoms with van der Waals surface area (Å²) < 4.78 is 13.6. The van der Waals surface area contributed by atoms with Crippen molar-refractivity contribution in [2.24, 2.45) is 5.92 Å². The predicted octanol–water partition coefficient (Wildman–Crippen LogP) is 7.87. The molecule has 0 spiro atoms. The Morgan fingerprint density at radius 1 is 0.667 bits per heavy atom. The van der Waals surface area contributed by atoms with Crippen molar-refractivity contribution in [2.75, 3.05) is 0 Å². The molecule has 0 aromatic carbocycles. The minimum absolute atomic E-state index is 0.755. The van der Waals surface area contributed by atoms with Crippen LogP contribution in [0.4, 0.5) is 0 Å². The lowest BCUT2D eigenvalue weighted by molar-refractivity contribution is 0.346. The fraction of sp³-hybridized carbons (Fsp3) is 0.818. The molecule has 158 valence electrons. The van der Waals surface area contributed by atoms with Gasteiger partial charge in [0.25, 0.3) is 0 Å². The maximum absolute atomic E-state index is 6.81. The molecule has 0 unspecified atom stereocenters. The lowest BCUT2D eigenvalue weighted by Gasteiger charge is -2.40. The SMILES string of the molecule is C=C[Si](C)(C)O[Si](C)(CC1CCCCCCCCCCC1)O[Si](C)(C)C=C. The summed E-state index contributed by atoms with van der Waals surface area (Å²) in [4.78, 5) is 0. The molecule has 1 saturated carbocycles. The lowest BCUT2D eigenvalue weighted by Crippen LogP contribution is -2.54. The zero-order chi connectivity index (χ0) is 20.4. The van der Waals surface area contributed by atoms with Gasteiger partial charge in [-0.15, -0.1) is 13.2 Å². The third kappa shape index (κ3) is 11.0. The van der Waals surface area contributed by atoms with Crippen LogP contribution in [0.25, 0.3) is 0 Å². The average Bonchev–Trinajstić information content (AvgIpc) is 2.56. The van der Waals surface area contributed by atoms with Crippen molar-refractivity contribution in [3.63, 3.8) is 0 Å². The molecule has 0 amide bonds. The van der Waals surface area contributed by atoms with Gasteiger partial charge in [-0.3, -0.25) is 0 Å². The van der Waals surface area contributed by atoms with Gasteiger partial charge in [0.1, 0.15) is 0 Å². The van der Waals surface area contributed by atoms with E-state index in [0.29, 0.717) is 0 Å². The Hall–Kier alpha value is 0.0506. The Balaban J connectivity index is 2.87. The van der Waals surface area contributed by atoms with Crippen molar-refractivity contribution in [3.05, 3.63) is 24.6 Å². The normalized spacial score (nSPS) is 19.7. The van der Waals surface area contributed by atoms with Crippen molar-refractivity contribution < 1.29 is 8.23 Å². The quantitative estimate of drug-likeness (QED) is 0.367. The zero-order valence-electron chi connectivity index (χ0n) is 18.9. The van der Waals surface area contributed by atoms with Gasteiger partial charge in [0.15, 0.2) is 16.6 Å². The van der Waals surface area contributed by atoms with Gasteiger partial charge in [-0.05, 0) is 44.7 Å². The summed E-state index contributed by atoms with van der Waals surface area (Å²) in [6.45, 7) is 19.4. The summed E-state index contributed by atoms with van der Waals surface area (Å²) >= 11 is 0. The van der Waals surface area contributed by atoms with E-state index in [2.05, 4.69) is 57.3 Å². The minimum Gasteiger partial charge on any atom is -0.433 e. The van der Waals surface area contributed by atoms with Crippen LogP contribution >= 0.6 is 0 Å². The molecule has 0 aromatic heterocycles. The van der Waals surface area contributed by atoms with Crippen LogP contribution in [-0.2, 0) is 8.23 Å². The van der Waals surface area contributed by atoms with Crippen LogP contribution in [0.15, 0.2) is 24.6 Å². The van der Waals surface area contributed by atoms with Crippen LogP contribution in [0, 0.1) is 5.92 Å². The highest BCUT2D eigenvalue weighted by molar-refractivity contribution is 6.91. The molecule has 0 N–H and O–H groups in total. The fourth-order valence-corrected chi connectivity index (χ4v) is 16.5. The Labute approximate surface area is 173 Å². The van der Waals surface area contributed by atoms with E-state index in [9.17, 15) is 0 Å². The first-order valence-corrected chi connectivity index (χ1v) is 19.8. The van der Waals surface area contributed by atoms with Gasteiger partial charge in [-0.1, -0.05) is 82.0 Å². The van der Waals surface area contributed by atoms with Gasteiger partial charge in [0, 0.05) is 0 Å². The molecule has 0 radical (unpaired) electrons. The largest absolute Gasteiger partial charge is 0.433 e. The molecule has 0 aromatic rings. The maximum Gasteiger partial charge on any atom is 0.315 e. The van der Waals surface area contributed by atoms with Crippen LogP contribution in [-0.4, -0.2) is 25.2 Å². The number of hydrogen-bond acceptors (Lipinski definition) is 2. The van der Waals surface area contributed by atoms with Crippen LogP contribution in [0.5, 0.6) is 0 Å². The summed E-state index contributed by atoms with van der Waals surface area (Å²) in [7, 11) is -6.01.